The van der Waals surface area contributed by atoms with E-state index in [0.717, 1.165) is 17.8 Å². The summed E-state index contributed by atoms with van der Waals surface area (Å²) in [5, 5.41) is 5.14. The molecule has 24 heavy (non-hydrogen) atoms. The summed E-state index contributed by atoms with van der Waals surface area (Å²) in [6.07, 6.45) is 0. The molecule has 2 aromatic carbocycles. The maximum Gasteiger partial charge on any atom is 0.262 e. The van der Waals surface area contributed by atoms with Crippen LogP contribution in [0.5, 0.6) is 5.75 Å². The number of hydrogen-bond acceptors (Lipinski definition) is 4. The molecule has 0 radical (unpaired) electrons. The SMILES string of the molecule is CN(C)c1ccc(C(=O)Nc2cc(F)cc3c2OCC(=O)N3)cc1. The second kappa shape index (κ2) is 6.19. The number of nitrogens with one attached hydrogen (secondary N) is 2. The van der Waals surface area contributed by atoms with E-state index in [1.165, 1.54) is 0 Å². The maximum atomic E-state index is 13.7. The highest BCUT2D eigenvalue weighted by Crippen LogP contribution is 2.36. The molecule has 1 heterocycles. The fourth-order valence-electron chi connectivity index (χ4n) is 2.36. The zero-order valence-electron chi connectivity index (χ0n) is 13.2. The van der Waals surface area contributed by atoms with Crippen LogP contribution in [0, 0.1) is 5.82 Å². The Kier molecular flexibility index (Phi) is 4.07. The Morgan fingerprint density at radius 2 is 1.96 bits per heavy atom. The molecule has 7 heteroatoms. The molecule has 124 valence electrons. The van der Waals surface area contributed by atoms with Crippen LogP contribution in [0.15, 0.2) is 36.4 Å². The summed E-state index contributed by atoms with van der Waals surface area (Å²) in [5.74, 6) is -1.11. The number of benzene rings is 2. The molecule has 0 fully saturated rings. The van der Waals surface area contributed by atoms with Gasteiger partial charge in [0.25, 0.3) is 11.8 Å². The number of nitrogens with zero attached hydrogens (tertiary/aromatic N) is 1. The largest absolute Gasteiger partial charge is 0.479 e. The van der Waals surface area contributed by atoms with E-state index >= 15 is 0 Å². The van der Waals surface area contributed by atoms with Crippen molar-refractivity contribution in [2.24, 2.45) is 0 Å². The van der Waals surface area contributed by atoms with Gasteiger partial charge in [-0.1, -0.05) is 0 Å². The van der Waals surface area contributed by atoms with Crippen molar-refractivity contribution in [3.8, 4) is 5.75 Å². The summed E-state index contributed by atoms with van der Waals surface area (Å²) in [7, 11) is 3.81. The molecule has 0 spiro atoms. The number of carbonyl (C=O) groups excluding carboxylic acids is 2. The quantitative estimate of drug-likeness (QED) is 0.907. The average molecular weight is 329 g/mol. The fraction of sp³-hybridized carbons (Fsp3) is 0.176. The van der Waals surface area contributed by atoms with Crippen LogP contribution in [-0.2, 0) is 4.79 Å². The van der Waals surface area contributed by atoms with E-state index < -0.39 is 11.7 Å². The van der Waals surface area contributed by atoms with Crippen LogP contribution < -0.4 is 20.3 Å². The molecule has 3 rings (SSSR count). The second-order valence-electron chi connectivity index (χ2n) is 5.56. The molecule has 0 atom stereocenters. The molecule has 0 aromatic heterocycles. The number of rotatable bonds is 3. The minimum Gasteiger partial charge on any atom is -0.479 e. The number of carbonyl (C=O) groups is 2. The number of ether oxygens (including phenoxy) is 1. The highest BCUT2D eigenvalue weighted by molar-refractivity contribution is 6.06. The summed E-state index contributed by atoms with van der Waals surface area (Å²) >= 11 is 0. The van der Waals surface area contributed by atoms with Gasteiger partial charge in [0.15, 0.2) is 12.4 Å². The Hall–Kier alpha value is -3.09. The van der Waals surface area contributed by atoms with E-state index in [2.05, 4.69) is 10.6 Å². The van der Waals surface area contributed by atoms with Crippen LogP contribution >= 0.6 is 0 Å². The first-order chi connectivity index (χ1) is 11.4. The van der Waals surface area contributed by atoms with E-state index in [1.54, 1.807) is 12.1 Å². The zero-order chi connectivity index (χ0) is 17.3. The van der Waals surface area contributed by atoms with Crippen molar-refractivity contribution in [2.75, 3.05) is 36.2 Å². The molecule has 1 aliphatic heterocycles. The summed E-state index contributed by atoms with van der Waals surface area (Å²) in [5.41, 5.74) is 1.76. The van der Waals surface area contributed by atoms with Gasteiger partial charge >= 0.3 is 0 Å². The third kappa shape index (κ3) is 3.15. The lowest BCUT2D eigenvalue weighted by Gasteiger charge is -2.21. The number of anilines is 3. The van der Waals surface area contributed by atoms with Gasteiger partial charge in [0.2, 0.25) is 0 Å². The second-order valence-corrected chi connectivity index (χ2v) is 5.56. The van der Waals surface area contributed by atoms with E-state index in [9.17, 15) is 14.0 Å². The Bertz CT molecular complexity index is 803. The van der Waals surface area contributed by atoms with Crippen LogP contribution in [0.4, 0.5) is 21.5 Å². The predicted molar refractivity (Wildman–Crippen MR) is 89.2 cm³/mol. The summed E-state index contributed by atoms with van der Waals surface area (Å²) in [6.45, 7) is -0.182. The number of fused-ring (bicyclic) bond motifs is 1. The van der Waals surface area contributed by atoms with Crippen LogP contribution in [-0.4, -0.2) is 32.5 Å². The van der Waals surface area contributed by atoms with Crippen molar-refractivity contribution in [2.45, 2.75) is 0 Å². The lowest BCUT2D eigenvalue weighted by atomic mass is 10.1. The first kappa shape index (κ1) is 15.8. The third-order valence-corrected chi connectivity index (χ3v) is 3.57. The first-order valence-electron chi connectivity index (χ1n) is 7.29. The molecule has 2 aromatic rings. The van der Waals surface area contributed by atoms with E-state index in [4.69, 9.17) is 4.74 Å². The summed E-state index contributed by atoms with van der Waals surface area (Å²) in [6, 6.07) is 9.29. The molecule has 0 bridgehead atoms. The molecule has 0 saturated carbocycles. The standard InChI is InChI=1S/C17H16FN3O3/c1-21(2)12-5-3-10(4-6-12)17(23)20-14-8-11(18)7-13-16(14)24-9-15(22)19-13/h3-8H,9H2,1-2H3,(H,19,22)(H,20,23). The van der Waals surface area contributed by atoms with E-state index in [-0.39, 0.29) is 29.6 Å². The van der Waals surface area contributed by atoms with Crippen molar-refractivity contribution in [1.29, 1.82) is 0 Å². The maximum absolute atomic E-state index is 13.7. The van der Waals surface area contributed by atoms with Crippen molar-refractivity contribution in [3.05, 3.63) is 47.8 Å². The van der Waals surface area contributed by atoms with E-state index in [1.807, 2.05) is 31.1 Å². The molecule has 0 saturated heterocycles. The van der Waals surface area contributed by atoms with Gasteiger partial charge < -0.3 is 20.3 Å². The minimum atomic E-state index is -0.585. The number of halogens is 1. The van der Waals surface area contributed by atoms with Crippen LogP contribution in [0.2, 0.25) is 0 Å². The smallest absolute Gasteiger partial charge is 0.262 e. The first-order valence-corrected chi connectivity index (χ1v) is 7.29. The van der Waals surface area contributed by atoms with E-state index in [0.29, 0.717) is 5.56 Å². The zero-order valence-corrected chi connectivity index (χ0v) is 13.2. The van der Waals surface area contributed by atoms with Crippen LogP contribution in [0.25, 0.3) is 0 Å². The van der Waals surface area contributed by atoms with Gasteiger partial charge in [-0.2, -0.15) is 0 Å². The lowest BCUT2D eigenvalue weighted by Crippen LogP contribution is -2.26. The van der Waals surface area contributed by atoms with Crippen molar-refractivity contribution in [3.63, 3.8) is 0 Å². The van der Waals surface area contributed by atoms with Crippen molar-refractivity contribution in [1.82, 2.24) is 0 Å². The Labute approximate surface area is 138 Å². The van der Waals surface area contributed by atoms with Gasteiger partial charge in [0.1, 0.15) is 5.82 Å². The number of amides is 2. The topological polar surface area (TPSA) is 70.7 Å². The Balaban J connectivity index is 1.85. The van der Waals surface area contributed by atoms with Gasteiger partial charge in [-0.25, -0.2) is 4.39 Å². The molecule has 1 aliphatic rings. The van der Waals surface area contributed by atoms with Gasteiger partial charge in [-0.15, -0.1) is 0 Å². The number of hydrogen-bond donors (Lipinski definition) is 2. The Morgan fingerprint density at radius 1 is 1.25 bits per heavy atom. The molecule has 0 aliphatic carbocycles. The summed E-state index contributed by atoms with van der Waals surface area (Å²) < 4.78 is 19.0. The van der Waals surface area contributed by atoms with Crippen molar-refractivity contribution >= 4 is 28.9 Å². The fourth-order valence-corrected chi connectivity index (χ4v) is 2.36. The molecule has 6 nitrogen and oxygen atoms in total. The van der Waals surface area contributed by atoms with Gasteiger partial charge in [-0.05, 0) is 24.3 Å². The van der Waals surface area contributed by atoms with Gasteiger partial charge in [0.05, 0.1) is 11.4 Å². The average Bonchev–Trinajstić information content (AvgIpc) is 2.54. The molecule has 2 N–H and O–H groups in total. The molecule has 2 amide bonds. The van der Waals surface area contributed by atoms with Crippen LogP contribution in [0.1, 0.15) is 10.4 Å². The Morgan fingerprint density at radius 3 is 2.62 bits per heavy atom. The molecule has 0 unspecified atom stereocenters. The minimum absolute atomic E-state index is 0.173. The van der Waals surface area contributed by atoms with Gasteiger partial charge in [0, 0.05) is 37.5 Å². The lowest BCUT2D eigenvalue weighted by molar-refractivity contribution is -0.118. The van der Waals surface area contributed by atoms with Gasteiger partial charge in [-0.3, -0.25) is 9.59 Å². The molecular formula is C17H16FN3O3. The predicted octanol–water partition coefficient (Wildman–Crippen LogP) is 2.47. The normalized spacial score (nSPS) is 12.7. The molecular weight excluding hydrogens is 313 g/mol. The van der Waals surface area contributed by atoms with Crippen molar-refractivity contribution < 1.29 is 18.7 Å². The highest BCUT2D eigenvalue weighted by atomic mass is 19.1. The third-order valence-electron chi connectivity index (χ3n) is 3.57. The summed E-state index contributed by atoms with van der Waals surface area (Å²) in [4.78, 5) is 25.6. The van der Waals surface area contributed by atoms with Crippen LogP contribution in [0.3, 0.4) is 0 Å². The monoisotopic (exact) mass is 329 g/mol. The highest BCUT2D eigenvalue weighted by Gasteiger charge is 2.22.